The number of carbonyl (C=O) groups is 2. The van der Waals surface area contributed by atoms with Gasteiger partial charge in [0.15, 0.2) is 0 Å². The standard InChI is InChI=1S/C26H28FN5O3/c27-9-10-28-15-23(13-24-25(33)26(34)30-18-29-24)22-5-3-19(4-6-22)1-2-21-14-31-32(17-21)16-20-7-11-35-12-8-20/h3-6,14,17-18,20,23,28H,7-13,15-16H2. The molecule has 0 saturated carbocycles. The van der Waals surface area contributed by atoms with E-state index in [-0.39, 0.29) is 24.6 Å². The number of ether oxygens (including phenoxy) is 1. The van der Waals surface area contributed by atoms with E-state index in [0.717, 1.165) is 55.6 Å². The number of benzene rings is 1. The first-order valence-corrected chi connectivity index (χ1v) is 11.8. The predicted molar refractivity (Wildman–Crippen MR) is 130 cm³/mol. The molecule has 1 amide bonds. The number of hydrogen-bond acceptors (Lipinski definition) is 6. The zero-order valence-electron chi connectivity index (χ0n) is 19.5. The van der Waals surface area contributed by atoms with Crippen LogP contribution in [0.2, 0.25) is 0 Å². The van der Waals surface area contributed by atoms with Gasteiger partial charge in [0.05, 0.1) is 17.5 Å². The molecule has 1 fully saturated rings. The summed E-state index contributed by atoms with van der Waals surface area (Å²) >= 11 is 0. The van der Waals surface area contributed by atoms with Crippen molar-refractivity contribution in [3.63, 3.8) is 0 Å². The fourth-order valence-corrected chi connectivity index (χ4v) is 4.13. The van der Waals surface area contributed by atoms with Crippen molar-refractivity contribution in [1.29, 1.82) is 0 Å². The van der Waals surface area contributed by atoms with Crippen molar-refractivity contribution in [2.45, 2.75) is 31.7 Å². The summed E-state index contributed by atoms with van der Waals surface area (Å²) in [4.78, 5) is 31.1. The van der Waals surface area contributed by atoms with Crippen LogP contribution in [0.25, 0.3) is 0 Å². The van der Waals surface area contributed by atoms with Gasteiger partial charge in [0.1, 0.15) is 13.0 Å². The lowest BCUT2D eigenvalue weighted by molar-refractivity contribution is -0.132. The van der Waals surface area contributed by atoms with Gasteiger partial charge in [0, 0.05) is 56.9 Å². The molecule has 1 N–H and O–H groups in total. The fourth-order valence-electron chi connectivity index (χ4n) is 4.13. The maximum absolute atomic E-state index is 12.6. The van der Waals surface area contributed by atoms with Crippen molar-refractivity contribution >= 4 is 23.7 Å². The number of ketones is 1. The maximum Gasteiger partial charge on any atom is 0.320 e. The van der Waals surface area contributed by atoms with Gasteiger partial charge in [-0.2, -0.15) is 10.1 Å². The van der Waals surface area contributed by atoms with Gasteiger partial charge in [-0.3, -0.25) is 14.3 Å². The number of halogens is 1. The molecule has 0 bridgehead atoms. The quantitative estimate of drug-likeness (QED) is 0.340. The van der Waals surface area contributed by atoms with Crippen LogP contribution in [-0.2, 0) is 20.9 Å². The van der Waals surface area contributed by atoms with Crippen molar-refractivity contribution < 1.29 is 18.7 Å². The van der Waals surface area contributed by atoms with Crippen LogP contribution >= 0.6 is 0 Å². The molecule has 1 saturated heterocycles. The van der Waals surface area contributed by atoms with Crippen LogP contribution in [-0.4, -0.2) is 66.5 Å². The number of carbonyl (C=O) groups excluding carboxylic acids is 2. The number of Topliss-reactive ketones (excluding diaryl/α,β-unsaturated/α-hetero) is 1. The highest BCUT2D eigenvalue weighted by Crippen LogP contribution is 2.22. The Morgan fingerprint density at radius 2 is 1.91 bits per heavy atom. The van der Waals surface area contributed by atoms with Gasteiger partial charge in [-0.1, -0.05) is 24.0 Å². The summed E-state index contributed by atoms with van der Waals surface area (Å²) in [6, 6.07) is 7.69. The van der Waals surface area contributed by atoms with E-state index in [1.165, 1.54) is 0 Å². The van der Waals surface area contributed by atoms with E-state index in [2.05, 4.69) is 32.2 Å². The highest BCUT2D eigenvalue weighted by molar-refractivity contribution is 6.66. The van der Waals surface area contributed by atoms with E-state index in [1.807, 2.05) is 35.1 Å². The summed E-state index contributed by atoms with van der Waals surface area (Å²) in [6.07, 6.45) is 7.23. The number of aromatic nitrogens is 2. The van der Waals surface area contributed by atoms with Gasteiger partial charge in [-0.25, -0.2) is 9.38 Å². The molecule has 4 rings (SSSR count). The van der Waals surface area contributed by atoms with E-state index in [0.29, 0.717) is 12.5 Å². The van der Waals surface area contributed by atoms with E-state index in [1.54, 1.807) is 6.20 Å². The van der Waals surface area contributed by atoms with E-state index >= 15 is 0 Å². The number of hydrogen-bond donors (Lipinski definition) is 1. The Balaban J connectivity index is 1.41. The first kappa shape index (κ1) is 24.6. The minimum atomic E-state index is -0.813. The Morgan fingerprint density at radius 3 is 2.69 bits per heavy atom. The van der Waals surface area contributed by atoms with Crippen LogP contribution < -0.4 is 5.32 Å². The topological polar surface area (TPSA) is 97.9 Å². The molecule has 2 aromatic rings. The Morgan fingerprint density at radius 1 is 1.14 bits per heavy atom. The van der Waals surface area contributed by atoms with Crippen molar-refractivity contribution in [1.82, 2.24) is 15.1 Å². The van der Waals surface area contributed by atoms with Crippen molar-refractivity contribution in [2.24, 2.45) is 15.9 Å². The lowest BCUT2D eigenvalue weighted by atomic mass is 9.91. The molecule has 0 spiro atoms. The van der Waals surface area contributed by atoms with E-state index < -0.39 is 18.4 Å². The average molecular weight is 478 g/mol. The molecule has 0 aliphatic carbocycles. The van der Waals surface area contributed by atoms with Crippen LogP contribution in [0.3, 0.4) is 0 Å². The predicted octanol–water partition coefficient (Wildman–Crippen LogP) is 2.32. The minimum absolute atomic E-state index is 0.158. The van der Waals surface area contributed by atoms with E-state index in [9.17, 15) is 14.0 Å². The second-order valence-electron chi connectivity index (χ2n) is 8.63. The number of nitrogens with one attached hydrogen (secondary N) is 1. The molecule has 1 atom stereocenters. The summed E-state index contributed by atoms with van der Waals surface area (Å²) < 4.78 is 19.9. The molecule has 3 heterocycles. The lowest BCUT2D eigenvalue weighted by Gasteiger charge is -2.21. The molecule has 1 aromatic carbocycles. The van der Waals surface area contributed by atoms with Crippen LogP contribution in [0.1, 0.15) is 41.9 Å². The third-order valence-corrected chi connectivity index (χ3v) is 6.10. The summed E-state index contributed by atoms with van der Waals surface area (Å²) in [5.41, 5.74) is 2.81. The molecular weight excluding hydrogens is 449 g/mol. The zero-order chi connectivity index (χ0) is 24.5. The van der Waals surface area contributed by atoms with Crippen molar-refractivity contribution in [3.8, 4) is 11.8 Å². The van der Waals surface area contributed by atoms with E-state index in [4.69, 9.17) is 4.74 Å². The molecule has 2 aliphatic heterocycles. The molecule has 9 heteroatoms. The summed E-state index contributed by atoms with van der Waals surface area (Å²) in [6.45, 7) is 2.68. The highest BCUT2D eigenvalue weighted by Gasteiger charge is 2.26. The van der Waals surface area contributed by atoms with Crippen LogP contribution in [0.4, 0.5) is 4.39 Å². The molecule has 35 heavy (non-hydrogen) atoms. The number of aliphatic imine (C=N–C) groups is 2. The molecule has 8 nitrogen and oxygen atoms in total. The normalized spacial score (nSPS) is 17.1. The maximum atomic E-state index is 12.6. The second-order valence-corrected chi connectivity index (χ2v) is 8.63. The molecular formula is C26H28FN5O3. The molecule has 1 aromatic heterocycles. The van der Waals surface area contributed by atoms with Crippen molar-refractivity contribution in [2.75, 3.05) is 33.0 Å². The van der Waals surface area contributed by atoms with Gasteiger partial charge < -0.3 is 10.1 Å². The Hall–Kier alpha value is -3.48. The molecule has 0 radical (unpaired) electrons. The van der Waals surface area contributed by atoms with Gasteiger partial charge in [-0.05, 0) is 36.5 Å². The molecule has 182 valence electrons. The smallest absolute Gasteiger partial charge is 0.320 e. The number of alkyl halides is 1. The second kappa shape index (κ2) is 12.3. The van der Waals surface area contributed by atoms with Crippen LogP contribution in [0.5, 0.6) is 0 Å². The highest BCUT2D eigenvalue weighted by atomic mass is 19.1. The Labute approximate surface area is 203 Å². The van der Waals surface area contributed by atoms with Crippen molar-refractivity contribution in [3.05, 3.63) is 53.3 Å². The van der Waals surface area contributed by atoms with Crippen LogP contribution in [0, 0.1) is 17.8 Å². The first-order valence-electron chi connectivity index (χ1n) is 11.8. The lowest BCUT2D eigenvalue weighted by Crippen LogP contribution is -2.31. The average Bonchev–Trinajstić information content (AvgIpc) is 3.33. The number of amides is 1. The number of nitrogens with zero attached hydrogens (tertiary/aromatic N) is 4. The largest absolute Gasteiger partial charge is 0.381 e. The minimum Gasteiger partial charge on any atom is -0.381 e. The van der Waals surface area contributed by atoms with Gasteiger partial charge in [0.25, 0.3) is 5.78 Å². The number of rotatable bonds is 9. The summed E-state index contributed by atoms with van der Waals surface area (Å²) in [5.74, 6) is 5.24. The molecule has 1 unspecified atom stereocenters. The first-order chi connectivity index (χ1) is 17.1. The Kier molecular flexibility index (Phi) is 8.65. The third-order valence-electron chi connectivity index (χ3n) is 6.10. The third kappa shape index (κ3) is 7.01. The van der Waals surface area contributed by atoms with Crippen LogP contribution in [0.15, 0.2) is 46.6 Å². The van der Waals surface area contributed by atoms with Gasteiger partial charge in [-0.15, -0.1) is 0 Å². The van der Waals surface area contributed by atoms with Gasteiger partial charge >= 0.3 is 5.91 Å². The zero-order valence-corrected chi connectivity index (χ0v) is 19.5. The SMILES string of the molecule is O=C1N=CN=C(CC(CNCCF)c2ccc(C#Cc3cnn(CC4CCOCC4)c3)cc2)C1=O. The fraction of sp³-hybridized carbons (Fsp3) is 0.423. The monoisotopic (exact) mass is 477 g/mol. The Bertz CT molecular complexity index is 1150. The molecule has 2 aliphatic rings. The summed E-state index contributed by atoms with van der Waals surface area (Å²) in [5, 5.41) is 7.47. The van der Waals surface area contributed by atoms with Gasteiger partial charge in [0.2, 0.25) is 0 Å². The summed E-state index contributed by atoms with van der Waals surface area (Å²) in [7, 11) is 0.